The van der Waals surface area contributed by atoms with Gasteiger partial charge < -0.3 is 16.2 Å². The van der Waals surface area contributed by atoms with Gasteiger partial charge in [0, 0.05) is 11.3 Å². The minimum absolute atomic E-state index is 0.0131. The second-order valence-electron chi connectivity index (χ2n) is 3.78. The van der Waals surface area contributed by atoms with Gasteiger partial charge in [0.25, 0.3) is 5.91 Å². The molecule has 0 unspecified atom stereocenters. The second kappa shape index (κ2) is 6.15. The molecule has 4 N–H and O–H groups in total. The largest absolute Gasteiger partial charge is 0.480 e. The molecule has 7 heteroatoms. The number of aryl methyl sites for hydroxylation is 1. The second-order valence-corrected chi connectivity index (χ2v) is 5.07. The summed E-state index contributed by atoms with van der Waals surface area (Å²) >= 11 is 1.28. The topological polar surface area (TPSA) is 109 Å². The van der Waals surface area contributed by atoms with Crippen LogP contribution < -0.4 is 11.1 Å². The number of primary amides is 1. The minimum Gasteiger partial charge on any atom is -0.480 e. The van der Waals surface area contributed by atoms with Crippen molar-refractivity contribution in [1.82, 2.24) is 5.32 Å². The summed E-state index contributed by atoms with van der Waals surface area (Å²) in [6, 6.07) is 2.30. The van der Waals surface area contributed by atoms with Gasteiger partial charge in [-0.05, 0) is 25.5 Å². The number of amides is 2. The molecule has 98 valence electrons. The van der Waals surface area contributed by atoms with E-state index in [4.69, 9.17) is 10.8 Å². The highest BCUT2D eigenvalue weighted by molar-refractivity contribution is 7.13. The van der Waals surface area contributed by atoms with Gasteiger partial charge in [-0.25, -0.2) is 4.79 Å². The van der Waals surface area contributed by atoms with E-state index in [1.54, 1.807) is 12.1 Å². The summed E-state index contributed by atoms with van der Waals surface area (Å²) in [6.45, 7) is 1.85. The number of nitrogens with two attached hydrogens (primary N) is 1. The molecule has 0 aliphatic heterocycles. The first-order chi connectivity index (χ1) is 8.40. The van der Waals surface area contributed by atoms with Crippen LogP contribution in [-0.4, -0.2) is 28.9 Å². The van der Waals surface area contributed by atoms with Gasteiger partial charge in [0.2, 0.25) is 5.91 Å². The Kier molecular flexibility index (Phi) is 4.85. The summed E-state index contributed by atoms with van der Waals surface area (Å²) in [6.07, 6.45) is -0.0958. The Hall–Kier alpha value is -1.89. The first kappa shape index (κ1) is 14.2. The van der Waals surface area contributed by atoms with Gasteiger partial charge in [-0.2, -0.15) is 0 Å². The zero-order valence-corrected chi connectivity index (χ0v) is 10.6. The average molecular weight is 270 g/mol. The van der Waals surface area contributed by atoms with E-state index in [0.717, 1.165) is 4.88 Å². The Balaban J connectivity index is 2.63. The third-order valence-electron chi connectivity index (χ3n) is 2.25. The smallest absolute Gasteiger partial charge is 0.326 e. The van der Waals surface area contributed by atoms with Crippen LogP contribution in [0, 0.1) is 6.92 Å². The summed E-state index contributed by atoms with van der Waals surface area (Å²) in [5, 5.41) is 11.3. The van der Waals surface area contributed by atoms with Crippen molar-refractivity contribution in [2.45, 2.75) is 25.8 Å². The summed E-state index contributed by atoms with van der Waals surface area (Å²) in [5.41, 5.74) is 4.94. The number of carboxylic acids is 1. The number of thiophene rings is 1. The molecule has 0 saturated carbocycles. The SMILES string of the molecule is Cc1ccc(C(=O)N[C@H](CCC(N)=O)C(=O)O)s1. The summed E-state index contributed by atoms with van der Waals surface area (Å²) in [4.78, 5) is 34.7. The lowest BCUT2D eigenvalue weighted by molar-refractivity contribution is -0.139. The first-order valence-electron chi connectivity index (χ1n) is 5.28. The molecular formula is C11H14N2O4S. The molecule has 0 aliphatic rings. The zero-order valence-electron chi connectivity index (χ0n) is 9.80. The lowest BCUT2D eigenvalue weighted by atomic mass is 10.1. The Labute approximate surface area is 108 Å². The van der Waals surface area contributed by atoms with Crippen molar-refractivity contribution < 1.29 is 19.5 Å². The third kappa shape index (κ3) is 4.17. The van der Waals surface area contributed by atoms with E-state index in [1.165, 1.54) is 11.3 Å². The maximum Gasteiger partial charge on any atom is 0.326 e. The van der Waals surface area contributed by atoms with Crippen molar-refractivity contribution in [3.63, 3.8) is 0 Å². The Bertz CT molecular complexity index is 469. The molecule has 0 bridgehead atoms. The molecule has 0 fully saturated rings. The van der Waals surface area contributed by atoms with Crippen molar-refractivity contribution in [3.8, 4) is 0 Å². The van der Waals surface area contributed by atoms with Gasteiger partial charge in [-0.15, -0.1) is 11.3 Å². The molecule has 0 spiro atoms. The predicted octanol–water partition coefficient (Wildman–Crippen LogP) is 0.505. The normalized spacial score (nSPS) is 11.8. The lowest BCUT2D eigenvalue weighted by Crippen LogP contribution is -2.41. The van der Waals surface area contributed by atoms with E-state index in [-0.39, 0.29) is 12.8 Å². The average Bonchev–Trinajstić information content (AvgIpc) is 2.70. The standard InChI is InChI=1S/C11H14N2O4S/c1-6-2-4-8(18-6)10(15)13-7(11(16)17)3-5-9(12)14/h2,4,7H,3,5H2,1H3,(H2,12,14)(H,13,15)(H,16,17)/t7-/m1/s1. The monoisotopic (exact) mass is 270 g/mol. The number of carboxylic acid groups (broad SMARTS) is 1. The van der Waals surface area contributed by atoms with E-state index in [1.807, 2.05) is 6.92 Å². The Morgan fingerprint density at radius 1 is 1.44 bits per heavy atom. The third-order valence-corrected chi connectivity index (χ3v) is 3.25. The van der Waals surface area contributed by atoms with Crippen LogP contribution in [0.25, 0.3) is 0 Å². The van der Waals surface area contributed by atoms with E-state index < -0.39 is 23.8 Å². The van der Waals surface area contributed by atoms with E-state index in [2.05, 4.69) is 5.32 Å². The fraction of sp³-hybridized carbons (Fsp3) is 0.364. The molecule has 18 heavy (non-hydrogen) atoms. The van der Waals surface area contributed by atoms with Crippen LogP contribution in [0.2, 0.25) is 0 Å². The van der Waals surface area contributed by atoms with Crippen LogP contribution >= 0.6 is 11.3 Å². The zero-order chi connectivity index (χ0) is 13.7. The fourth-order valence-electron chi connectivity index (χ4n) is 1.33. The molecule has 1 atom stereocenters. The van der Waals surface area contributed by atoms with Crippen molar-refractivity contribution in [2.75, 3.05) is 0 Å². The van der Waals surface area contributed by atoms with Crippen molar-refractivity contribution in [3.05, 3.63) is 21.9 Å². The number of aliphatic carboxylic acids is 1. The molecule has 0 aliphatic carbocycles. The van der Waals surface area contributed by atoms with Crippen LogP contribution in [0.4, 0.5) is 0 Å². The van der Waals surface area contributed by atoms with Crippen LogP contribution in [-0.2, 0) is 9.59 Å². The van der Waals surface area contributed by atoms with Gasteiger partial charge in [0.05, 0.1) is 4.88 Å². The van der Waals surface area contributed by atoms with Crippen molar-refractivity contribution in [2.24, 2.45) is 5.73 Å². The highest BCUT2D eigenvalue weighted by Gasteiger charge is 2.21. The molecule has 1 rings (SSSR count). The van der Waals surface area contributed by atoms with Crippen LogP contribution in [0.1, 0.15) is 27.4 Å². The quantitative estimate of drug-likeness (QED) is 0.699. The van der Waals surface area contributed by atoms with E-state index >= 15 is 0 Å². The Morgan fingerprint density at radius 3 is 2.56 bits per heavy atom. The van der Waals surface area contributed by atoms with Crippen LogP contribution in [0.5, 0.6) is 0 Å². The summed E-state index contributed by atoms with van der Waals surface area (Å²) < 4.78 is 0. The van der Waals surface area contributed by atoms with Gasteiger partial charge in [0.15, 0.2) is 0 Å². The molecule has 1 aromatic heterocycles. The molecular weight excluding hydrogens is 256 g/mol. The molecule has 1 aromatic rings. The minimum atomic E-state index is -1.18. The number of rotatable bonds is 6. The first-order valence-corrected chi connectivity index (χ1v) is 6.10. The number of carbonyl (C=O) groups is 3. The van der Waals surface area contributed by atoms with Crippen LogP contribution in [0.15, 0.2) is 12.1 Å². The maximum absolute atomic E-state index is 11.7. The molecule has 0 radical (unpaired) electrons. The summed E-state index contributed by atoms with van der Waals surface area (Å²) in [7, 11) is 0. The van der Waals surface area contributed by atoms with Crippen LogP contribution in [0.3, 0.4) is 0 Å². The van der Waals surface area contributed by atoms with E-state index in [9.17, 15) is 14.4 Å². The number of nitrogens with one attached hydrogen (secondary N) is 1. The van der Waals surface area contributed by atoms with Gasteiger partial charge >= 0.3 is 5.97 Å². The van der Waals surface area contributed by atoms with Gasteiger partial charge in [0.1, 0.15) is 6.04 Å². The molecule has 2 amide bonds. The number of hydrogen-bond donors (Lipinski definition) is 3. The van der Waals surface area contributed by atoms with E-state index in [0.29, 0.717) is 4.88 Å². The van der Waals surface area contributed by atoms with Gasteiger partial charge in [-0.3, -0.25) is 9.59 Å². The fourth-order valence-corrected chi connectivity index (χ4v) is 2.10. The predicted molar refractivity (Wildman–Crippen MR) is 66.4 cm³/mol. The highest BCUT2D eigenvalue weighted by atomic mass is 32.1. The molecule has 1 heterocycles. The van der Waals surface area contributed by atoms with Crippen molar-refractivity contribution in [1.29, 1.82) is 0 Å². The van der Waals surface area contributed by atoms with Gasteiger partial charge in [-0.1, -0.05) is 0 Å². The highest BCUT2D eigenvalue weighted by Crippen LogP contribution is 2.15. The molecule has 0 aromatic carbocycles. The number of hydrogen-bond acceptors (Lipinski definition) is 4. The molecule has 6 nitrogen and oxygen atoms in total. The summed E-state index contributed by atoms with van der Waals surface area (Å²) in [5.74, 6) is -2.23. The van der Waals surface area contributed by atoms with Crippen molar-refractivity contribution >= 4 is 29.1 Å². The number of carbonyl (C=O) groups excluding carboxylic acids is 2. The Morgan fingerprint density at radius 2 is 2.11 bits per heavy atom. The lowest BCUT2D eigenvalue weighted by Gasteiger charge is -2.12. The maximum atomic E-state index is 11.7. The molecule has 0 saturated heterocycles.